The van der Waals surface area contributed by atoms with Crippen LogP contribution < -0.4 is 10.5 Å². The van der Waals surface area contributed by atoms with Crippen LogP contribution in [-0.2, 0) is 18.3 Å². The molecular weight excluding hydrogens is 444 g/mol. The highest BCUT2D eigenvalue weighted by atomic mass is 16.5. The summed E-state index contributed by atoms with van der Waals surface area (Å²) in [6.45, 7) is 1.92. The lowest BCUT2D eigenvalue weighted by Gasteiger charge is -2.27. The van der Waals surface area contributed by atoms with Gasteiger partial charge in [0.25, 0.3) is 5.91 Å². The number of imidazole rings is 1. The van der Waals surface area contributed by atoms with Gasteiger partial charge >= 0.3 is 0 Å². The molecule has 2 fully saturated rings. The lowest BCUT2D eigenvalue weighted by atomic mass is 10.1. The van der Waals surface area contributed by atoms with Gasteiger partial charge in [0.15, 0.2) is 5.82 Å². The fraction of sp³-hybridized carbons (Fsp3) is 0.423. The van der Waals surface area contributed by atoms with Crippen LogP contribution in [0.5, 0.6) is 5.88 Å². The van der Waals surface area contributed by atoms with Crippen LogP contribution in [0.2, 0.25) is 0 Å². The highest BCUT2D eigenvalue weighted by Gasteiger charge is 2.46. The van der Waals surface area contributed by atoms with E-state index < -0.39 is 0 Å². The molecule has 2 unspecified atom stereocenters. The second kappa shape index (κ2) is 8.35. The Hall–Kier alpha value is -3.43. The van der Waals surface area contributed by atoms with E-state index in [1.807, 2.05) is 42.3 Å². The van der Waals surface area contributed by atoms with Gasteiger partial charge in [0, 0.05) is 56.3 Å². The minimum Gasteiger partial charge on any atom is -0.481 e. The molecule has 1 aromatic carbocycles. The molecule has 182 valence electrons. The molecule has 2 N–H and O–H groups in total. The number of benzene rings is 1. The summed E-state index contributed by atoms with van der Waals surface area (Å²) in [5.41, 5.74) is 10.5. The van der Waals surface area contributed by atoms with Crippen LogP contribution >= 0.6 is 0 Å². The molecular formula is C26H30N6O3. The van der Waals surface area contributed by atoms with E-state index in [1.54, 1.807) is 14.2 Å². The molecule has 6 rings (SSSR count). The van der Waals surface area contributed by atoms with Gasteiger partial charge in [0.05, 0.1) is 30.4 Å². The van der Waals surface area contributed by atoms with Crippen molar-refractivity contribution in [3.05, 3.63) is 42.0 Å². The molecule has 4 heterocycles. The Labute approximate surface area is 203 Å². The number of ether oxygens (including phenoxy) is 2. The molecule has 2 bridgehead atoms. The SMILES string of the molecule is COCCn1c(-c2nc3cc(C(=O)N4C[C@H]5CCC4C5N)ccc3n2C)cc2ccc(OC)nc21. The molecule has 4 aromatic rings. The minimum atomic E-state index is 0.0484. The molecule has 1 amide bonds. The van der Waals surface area contributed by atoms with Gasteiger partial charge in [0.1, 0.15) is 5.65 Å². The third-order valence-corrected chi connectivity index (χ3v) is 7.72. The van der Waals surface area contributed by atoms with Gasteiger partial charge in [-0.25, -0.2) is 4.98 Å². The molecule has 9 heteroatoms. The van der Waals surface area contributed by atoms with Crippen LogP contribution in [0.1, 0.15) is 23.2 Å². The number of piperidine rings is 1. The van der Waals surface area contributed by atoms with E-state index in [-0.39, 0.29) is 18.0 Å². The van der Waals surface area contributed by atoms with Gasteiger partial charge in [-0.1, -0.05) is 0 Å². The number of nitrogens with two attached hydrogens (primary N) is 1. The first kappa shape index (κ1) is 22.1. The number of carbonyl (C=O) groups is 1. The summed E-state index contributed by atoms with van der Waals surface area (Å²) in [6, 6.07) is 12.0. The summed E-state index contributed by atoms with van der Waals surface area (Å²) in [6.07, 6.45) is 2.12. The molecule has 0 radical (unpaired) electrons. The van der Waals surface area contributed by atoms with Crippen LogP contribution in [0.25, 0.3) is 33.6 Å². The van der Waals surface area contributed by atoms with E-state index in [0.29, 0.717) is 30.5 Å². The summed E-state index contributed by atoms with van der Waals surface area (Å²) in [4.78, 5) is 24.9. The quantitative estimate of drug-likeness (QED) is 0.461. The highest BCUT2D eigenvalue weighted by molar-refractivity contribution is 5.98. The van der Waals surface area contributed by atoms with E-state index in [4.69, 9.17) is 20.2 Å². The zero-order chi connectivity index (χ0) is 24.3. The molecule has 1 saturated heterocycles. The van der Waals surface area contributed by atoms with Gasteiger partial charge in [0.2, 0.25) is 5.88 Å². The van der Waals surface area contributed by atoms with Crippen LogP contribution in [-0.4, -0.2) is 69.4 Å². The van der Waals surface area contributed by atoms with E-state index in [1.165, 1.54) is 0 Å². The molecule has 3 atom stereocenters. The maximum atomic E-state index is 13.3. The van der Waals surface area contributed by atoms with E-state index in [0.717, 1.165) is 53.0 Å². The monoisotopic (exact) mass is 474 g/mol. The third kappa shape index (κ3) is 3.41. The predicted octanol–water partition coefficient (Wildman–Crippen LogP) is 2.81. The number of hydrogen-bond donors (Lipinski definition) is 1. The van der Waals surface area contributed by atoms with Crippen molar-refractivity contribution < 1.29 is 14.3 Å². The number of carbonyl (C=O) groups excluding carboxylic acids is 1. The third-order valence-electron chi connectivity index (χ3n) is 7.72. The van der Waals surface area contributed by atoms with E-state index >= 15 is 0 Å². The van der Waals surface area contributed by atoms with Gasteiger partial charge in [-0.15, -0.1) is 0 Å². The maximum absolute atomic E-state index is 13.3. The van der Waals surface area contributed by atoms with Crippen molar-refractivity contribution in [2.24, 2.45) is 18.7 Å². The smallest absolute Gasteiger partial charge is 0.254 e. The standard InChI is InChI=1S/C26H30N6O3/c1-30-19-7-4-16(26(33)32-14-17-5-8-20(32)23(17)27)12-18(19)28-25(30)21-13-15-6-9-22(35-3)29-24(15)31(21)10-11-34-2/h4,6-7,9,12-13,17,20,23H,5,8,10-11,14,27H2,1-3H3/t17-,20?,23?/m1/s1. The first-order valence-corrected chi connectivity index (χ1v) is 12.1. The summed E-state index contributed by atoms with van der Waals surface area (Å²) in [5, 5.41) is 1.00. The first-order chi connectivity index (χ1) is 17.0. The average Bonchev–Trinajstić information content (AvgIpc) is 3.61. The van der Waals surface area contributed by atoms with Crippen LogP contribution in [0.4, 0.5) is 0 Å². The Morgan fingerprint density at radius 2 is 2.00 bits per heavy atom. The molecule has 0 spiro atoms. The number of fused-ring (bicyclic) bond motifs is 4. The second-order valence-electron chi connectivity index (χ2n) is 9.58. The number of hydrogen-bond acceptors (Lipinski definition) is 6. The summed E-state index contributed by atoms with van der Waals surface area (Å²) in [5.74, 6) is 1.84. The lowest BCUT2D eigenvalue weighted by molar-refractivity contribution is 0.0701. The van der Waals surface area contributed by atoms with Crippen molar-refractivity contribution in [2.45, 2.75) is 31.5 Å². The normalized spacial score (nSPS) is 21.5. The summed E-state index contributed by atoms with van der Waals surface area (Å²) < 4.78 is 14.9. The van der Waals surface area contributed by atoms with Crippen molar-refractivity contribution in [1.29, 1.82) is 0 Å². The average molecular weight is 475 g/mol. The predicted molar refractivity (Wildman–Crippen MR) is 133 cm³/mol. The zero-order valence-electron chi connectivity index (χ0n) is 20.3. The first-order valence-electron chi connectivity index (χ1n) is 12.1. The minimum absolute atomic E-state index is 0.0484. The number of amides is 1. The zero-order valence-corrected chi connectivity index (χ0v) is 20.3. The number of aromatic nitrogens is 4. The van der Waals surface area contributed by atoms with Crippen molar-refractivity contribution in [2.75, 3.05) is 27.4 Å². The topological polar surface area (TPSA) is 100 Å². The van der Waals surface area contributed by atoms with Gasteiger partial charge in [-0.2, -0.15) is 4.98 Å². The lowest BCUT2D eigenvalue weighted by Crippen LogP contribution is -2.41. The molecule has 2 aliphatic rings. The fourth-order valence-electron chi connectivity index (χ4n) is 5.83. The summed E-state index contributed by atoms with van der Waals surface area (Å²) >= 11 is 0. The number of methoxy groups -OCH3 is 2. The van der Waals surface area contributed by atoms with Crippen LogP contribution in [0.3, 0.4) is 0 Å². The van der Waals surface area contributed by atoms with Gasteiger partial charge < -0.3 is 29.2 Å². The number of pyridine rings is 1. The Morgan fingerprint density at radius 1 is 1.14 bits per heavy atom. The fourth-order valence-corrected chi connectivity index (χ4v) is 5.83. The largest absolute Gasteiger partial charge is 0.481 e. The molecule has 3 aromatic heterocycles. The number of rotatable bonds is 6. The Kier molecular flexibility index (Phi) is 5.26. The van der Waals surface area contributed by atoms with Gasteiger partial charge in [-0.3, -0.25) is 4.79 Å². The van der Waals surface area contributed by atoms with Crippen molar-refractivity contribution >= 4 is 28.0 Å². The second-order valence-corrected chi connectivity index (χ2v) is 9.58. The highest BCUT2D eigenvalue weighted by Crippen LogP contribution is 2.38. The van der Waals surface area contributed by atoms with E-state index in [9.17, 15) is 4.79 Å². The van der Waals surface area contributed by atoms with Crippen LogP contribution in [0, 0.1) is 5.92 Å². The Morgan fingerprint density at radius 3 is 2.71 bits per heavy atom. The molecule has 1 aliphatic carbocycles. The number of aryl methyl sites for hydroxylation is 1. The van der Waals surface area contributed by atoms with Crippen molar-refractivity contribution in [1.82, 2.24) is 24.0 Å². The molecule has 1 saturated carbocycles. The molecule has 9 nitrogen and oxygen atoms in total. The maximum Gasteiger partial charge on any atom is 0.254 e. The van der Waals surface area contributed by atoms with Crippen molar-refractivity contribution in [3.8, 4) is 17.4 Å². The van der Waals surface area contributed by atoms with Crippen molar-refractivity contribution in [3.63, 3.8) is 0 Å². The van der Waals surface area contributed by atoms with Gasteiger partial charge in [-0.05, 0) is 49.1 Å². The number of nitrogens with zero attached hydrogens (tertiary/aromatic N) is 5. The molecule has 35 heavy (non-hydrogen) atoms. The molecule has 1 aliphatic heterocycles. The summed E-state index contributed by atoms with van der Waals surface area (Å²) in [7, 11) is 5.30. The van der Waals surface area contributed by atoms with E-state index in [2.05, 4.69) is 20.2 Å². The van der Waals surface area contributed by atoms with Crippen LogP contribution in [0.15, 0.2) is 36.4 Å². The number of likely N-dealkylation sites (tertiary alicyclic amines) is 1. The Bertz CT molecular complexity index is 1440. The Balaban J connectivity index is 1.41.